The van der Waals surface area contributed by atoms with E-state index in [4.69, 9.17) is 9.97 Å². The highest BCUT2D eigenvalue weighted by Crippen LogP contribution is 2.32. The quantitative estimate of drug-likeness (QED) is 0.473. The highest BCUT2D eigenvalue weighted by Gasteiger charge is 2.39. The Labute approximate surface area is 199 Å². The lowest BCUT2D eigenvalue weighted by molar-refractivity contribution is 0.0747. The maximum atomic E-state index is 11.9. The number of carboxylic acid groups (broad SMARTS) is 1. The van der Waals surface area contributed by atoms with Gasteiger partial charge in [0.15, 0.2) is 11.5 Å². The highest BCUT2D eigenvalue weighted by molar-refractivity contribution is 5.84. The largest absolute Gasteiger partial charge is 0.465 e. The summed E-state index contributed by atoms with van der Waals surface area (Å²) in [6.07, 6.45) is 2.91. The molecule has 2 aromatic heterocycles. The summed E-state index contributed by atoms with van der Waals surface area (Å²) in [4.78, 5) is 25.5. The molecule has 3 heterocycles. The third-order valence-electron chi connectivity index (χ3n) is 6.82. The van der Waals surface area contributed by atoms with Crippen molar-refractivity contribution in [3.05, 3.63) is 72.1 Å². The maximum Gasteiger partial charge on any atom is 0.407 e. The van der Waals surface area contributed by atoms with Gasteiger partial charge in [-0.1, -0.05) is 63.2 Å². The van der Waals surface area contributed by atoms with Gasteiger partial charge in [-0.2, -0.15) is 0 Å². The van der Waals surface area contributed by atoms with Crippen LogP contribution in [0.25, 0.3) is 16.7 Å². The third kappa shape index (κ3) is 4.06. The first-order chi connectivity index (χ1) is 16.3. The number of hydrogen-bond acceptors (Lipinski definition) is 4. The Morgan fingerprint density at radius 1 is 1.03 bits per heavy atom. The molecule has 1 aliphatic heterocycles. The normalized spacial score (nSPS) is 17.0. The van der Waals surface area contributed by atoms with E-state index in [9.17, 15) is 9.90 Å². The average molecular weight is 458 g/mol. The Bertz CT molecular complexity index is 1330. The first-order valence-corrected chi connectivity index (χ1v) is 11.9. The number of hydrogen-bond donors (Lipinski definition) is 1. The second-order valence-electron chi connectivity index (χ2n) is 10.1. The van der Waals surface area contributed by atoms with E-state index in [-0.39, 0.29) is 11.5 Å². The summed E-state index contributed by atoms with van der Waals surface area (Å²) >= 11 is 0. The monoisotopic (exact) mass is 457 g/mol. The number of fused-ring (bicyclic) bond motifs is 3. The Kier molecular flexibility index (Phi) is 5.63. The van der Waals surface area contributed by atoms with Crippen LogP contribution in [0, 0.1) is 5.41 Å². The lowest BCUT2D eigenvalue weighted by Gasteiger charge is -2.46. The lowest BCUT2D eigenvalue weighted by atomic mass is 9.84. The van der Waals surface area contributed by atoms with Crippen molar-refractivity contribution in [1.82, 2.24) is 19.3 Å². The zero-order valence-corrected chi connectivity index (χ0v) is 20.0. The van der Waals surface area contributed by atoms with Crippen molar-refractivity contribution in [3.63, 3.8) is 0 Å². The van der Waals surface area contributed by atoms with Gasteiger partial charge in [-0.3, -0.25) is 4.40 Å². The first-order valence-electron chi connectivity index (χ1n) is 11.9. The molecular weight excluding hydrogens is 426 g/mol. The summed E-state index contributed by atoms with van der Waals surface area (Å²) in [5, 5.41) is 9.77. The fourth-order valence-electron chi connectivity index (χ4n) is 4.98. The molecule has 5 rings (SSSR count). The second-order valence-corrected chi connectivity index (χ2v) is 10.1. The third-order valence-corrected chi connectivity index (χ3v) is 6.82. The molecule has 7 heteroatoms. The van der Waals surface area contributed by atoms with Crippen LogP contribution < -0.4 is 4.90 Å². The van der Waals surface area contributed by atoms with Crippen LogP contribution in [0.2, 0.25) is 0 Å². The predicted octanol–water partition coefficient (Wildman–Crippen LogP) is 4.88. The average Bonchev–Trinajstić information content (AvgIpc) is 3.26. The van der Waals surface area contributed by atoms with Crippen LogP contribution in [0.4, 0.5) is 10.6 Å². The molecule has 1 fully saturated rings. The smallest absolute Gasteiger partial charge is 0.407 e. The van der Waals surface area contributed by atoms with Crippen LogP contribution in [-0.2, 0) is 12.8 Å². The van der Waals surface area contributed by atoms with Crippen molar-refractivity contribution in [3.8, 4) is 0 Å². The number of rotatable bonds is 4. The molecule has 1 aliphatic rings. The number of aryl methyl sites for hydroxylation is 2. The molecule has 0 bridgehead atoms. The summed E-state index contributed by atoms with van der Waals surface area (Å²) in [6, 6.07) is 18.5. The van der Waals surface area contributed by atoms with Gasteiger partial charge in [0.05, 0.1) is 17.1 Å². The highest BCUT2D eigenvalue weighted by atomic mass is 16.4. The SMILES string of the molecule is CC(C)(C)C1CN(c2nc3ccccc3n3c(CCc4ccccc4)cnc23)CCN1C(=O)O. The summed E-state index contributed by atoms with van der Waals surface area (Å²) in [5.41, 5.74) is 5.04. The number of nitrogens with zero attached hydrogens (tertiary/aromatic N) is 5. The van der Waals surface area contributed by atoms with Gasteiger partial charge in [0.2, 0.25) is 0 Å². The molecule has 1 atom stereocenters. The van der Waals surface area contributed by atoms with Crippen LogP contribution in [-0.4, -0.2) is 56.1 Å². The predicted molar refractivity (Wildman–Crippen MR) is 135 cm³/mol. The van der Waals surface area contributed by atoms with E-state index in [0.717, 1.165) is 41.0 Å². The summed E-state index contributed by atoms with van der Waals surface area (Å²) in [7, 11) is 0. The zero-order chi connectivity index (χ0) is 23.9. The topological polar surface area (TPSA) is 74.0 Å². The molecule has 1 amide bonds. The molecule has 0 spiro atoms. The van der Waals surface area contributed by atoms with Crippen molar-refractivity contribution in [2.75, 3.05) is 24.5 Å². The van der Waals surface area contributed by atoms with Crippen molar-refractivity contribution < 1.29 is 9.90 Å². The van der Waals surface area contributed by atoms with Crippen LogP contribution in [0.5, 0.6) is 0 Å². The van der Waals surface area contributed by atoms with Gasteiger partial charge in [-0.15, -0.1) is 0 Å². The Hall–Kier alpha value is -3.61. The molecule has 34 heavy (non-hydrogen) atoms. The van der Waals surface area contributed by atoms with E-state index < -0.39 is 6.09 Å². The Morgan fingerprint density at radius 3 is 2.50 bits per heavy atom. The summed E-state index contributed by atoms with van der Waals surface area (Å²) in [6.45, 7) is 7.90. The van der Waals surface area contributed by atoms with Crippen molar-refractivity contribution in [2.24, 2.45) is 5.41 Å². The number of benzene rings is 2. The number of carbonyl (C=O) groups is 1. The molecular formula is C27H31N5O2. The van der Waals surface area contributed by atoms with Crippen molar-refractivity contribution in [2.45, 2.75) is 39.7 Å². The van der Waals surface area contributed by atoms with Gasteiger partial charge < -0.3 is 14.9 Å². The van der Waals surface area contributed by atoms with Gasteiger partial charge in [0.1, 0.15) is 0 Å². The summed E-state index contributed by atoms with van der Waals surface area (Å²) < 4.78 is 2.23. The van der Waals surface area contributed by atoms with Crippen LogP contribution >= 0.6 is 0 Å². The van der Waals surface area contributed by atoms with Gasteiger partial charge in [0.25, 0.3) is 0 Å². The van der Waals surface area contributed by atoms with E-state index in [1.807, 2.05) is 30.5 Å². The van der Waals surface area contributed by atoms with E-state index in [0.29, 0.717) is 19.6 Å². The second kappa shape index (κ2) is 8.63. The number of imidazole rings is 1. The zero-order valence-electron chi connectivity index (χ0n) is 20.0. The Balaban J connectivity index is 1.56. The van der Waals surface area contributed by atoms with Gasteiger partial charge in [0, 0.05) is 31.5 Å². The van der Waals surface area contributed by atoms with E-state index in [1.165, 1.54) is 5.56 Å². The maximum absolute atomic E-state index is 11.9. The minimum Gasteiger partial charge on any atom is -0.465 e. The van der Waals surface area contributed by atoms with Gasteiger partial charge in [-0.05, 0) is 36.0 Å². The molecule has 1 saturated heterocycles. The Morgan fingerprint density at radius 2 is 1.76 bits per heavy atom. The van der Waals surface area contributed by atoms with Crippen LogP contribution in [0.3, 0.4) is 0 Å². The number of piperazine rings is 1. The molecule has 0 saturated carbocycles. The van der Waals surface area contributed by atoms with Crippen LogP contribution in [0.1, 0.15) is 32.0 Å². The van der Waals surface area contributed by atoms with Gasteiger partial charge in [-0.25, -0.2) is 14.8 Å². The molecule has 4 aromatic rings. The first kappa shape index (κ1) is 22.2. The van der Waals surface area contributed by atoms with Gasteiger partial charge >= 0.3 is 6.09 Å². The molecule has 1 unspecified atom stereocenters. The molecule has 7 nitrogen and oxygen atoms in total. The fraction of sp³-hybridized carbons (Fsp3) is 0.370. The minimum absolute atomic E-state index is 0.139. The lowest BCUT2D eigenvalue weighted by Crippen LogP contribution is -2.59. The number of amides is 1. The van der Waals surface area contributed by atoms with Crippen LogP contribution in [0.15, 0.2) is 60.8 Å². The number of aromatic nitrogens is 3. The molecule has 2 aromatic carbocycles. The van der Waals surface area contributed by atoms with E-state index in [1.54, 1.807) is 4.90 Å². The minimum atomic E-state index is -0.861. The molecule has 1 N–H and O–H groups in total. The molecule has 0 aliphatic carbocycles. The standard InChI is InChI=1S/C27H31N5O2/c1-27(2,3)23-18-30(15-16-31(23)26(33)34)25-24-28-17-20(14-13-19-9-5-4-6-10-19)32(24)22-12-8-7-11-21(22)29-25/h4-12,17,23H,13-16,18H2,1-3H3,(H,33,34). The fourth-order valence-corrected chi connectivity index (χ4v) is 4.98. The van der Waals surface area contributed by atoms with Crippen molar-refractivity contribution in [1.29, 1.82) is 0 Å². The number of anilines is 1. The number of para-hydroxylation sites is 2. The summed E-state index contributed by atoms with van der Waals surface area (Å²) in [5.74, 6) is 0.823. The van der Waals surface area contributed by atoms with E-state index >= 15 is 0 Å². The van der Waals surface area contributed by atoms with E-state index in [2.05, 4.69) is 60.4 Å². The molecule has 176 valence electrons. The molecule has 0 radical (unpaired) electrons. The van der Waals surface area contributed by atoms with Crippen molar-refractivity contribution >= 4 is 28.6 Å².